The fourth-order valence-electron chi connectivity index (χ4n) is 1.29. The minimum Gasteiger partial charge on any atom is -0.384 e. The van der Waals surface area contributed by atoms with Crippen LogP contribution < -0.4 is 5.73 Å². The minimum absolute atomic E-state index is 0.0953. The van der Waals surface area contributed by atoms with E-state index in [4.69, 9.17) is 5.73 Å². The number of aryl methyl sites for hydroxylation is 1. The van der Waals surface area contributed by atoms with Crippen LogP contribution >= 0.6 is 0 Å². The van der Waals surface area contributed by atoms with Crippen molar-refractivity contribution in [3.05, 3.63) is 24.3 Å². The number of rotatable bonds is 1. The average molecular weight is 243 g/mol. The number of halogens is 3. The van der Waals surface area contributed by atoms with Crippen LogP contribution in [0.3, 0.4) is 0 Å². The molecule has 0 atom stereocenters. The highest BCUT2D eigenvalue weighted by Gasteiger charge is 2.35. The Bertz CT molecular complexity index is 546. The number of nitrogen functional groups attached to an aromatic ring is 1. The van der Waals surface area contributed by atoms with Crippen molar-refractivity contribution in [3.8, 4) is 11.3 Å². The van der Waals surface area contributed by atoms with Crippen molar-refractivity contribution in [3.63, 3.8) is 0 Å². The Morgan fingerprint density at radius 1 is 1.29 bits per heavy atom. The standard InChI is InChI=1S/C9H8F3N5/c1-17-4-5(3-14-17)6-2-7(13)16-8(15-6)9(10,11)12/h2-4H,1H3,(H2,13,15,16). The van der Waals surface area contributed by atoms with Gasteiger partial charge in [-0.2, -0.15) is 18.3 Å². The summed E-state index contributed by atoms with van der Waals surface area (Å²) >= 11 is 0. The van der Waals surface area contributed by atoms with Gasteiger partial charge in [-0.3, -0.25) is 4.68 Å². The van der Waals surface area contributed by atoms with Crippen molar-refractivity contribution in [2.75, 3.05) is 5.73 Å². The molecule has 0 aliphatic heterocycles. The summed E-state index contributed by atoms with van der Waals surface area (Å²) in [6.45, 7) is 0. The lowest BCUT2D eigenvalue weighted by Crippen LogP contribution is -2.12. The molecule has 0 fully saturated rings. The highest BCUT2D eigenvalue weighted by molar-refractivity contribution is 5.60. The van der Waals surface area contributed by atoms with Gasteiger partial charge in [-0.25, -0.2) is 9.97 Å². The summed E-state index contributed by atoms with van der Waals surface area (Å²) in [5, 5.41) is 3.85. The van der Waals surface area contributed by atoms with Crippen LogP contribution in [0.2, 0.25) is 0 Å². The summed E-state index contributed by atoms with van der Waals surface area (Å²) in [7, 11) is 1.65. The molecule has 0 spiro atoms. The number of nitrogens with zero attached hydrogens (tertiary/aromatic N) is 4. The lowest BCUT2D eigenvalue weighted by atomic mass is 10.2. The second kappa shape index (κ2) is 3.72. The summed E-state index contributed by atoms with van der Waals surface area (Å²) < 4.78 is 38.9. The molecule has 2 rings (SSSR count). The molecule has 90 valence electrons. The third-order valence-electron chi connectivity index (χ3n) is 2.00. The Balaban J connectivity index is 2.52. The molecular formula is C9H8F3N5. The van der Waals surface area contributed by atoms with E-state index in [9.17, 15) is 13.2 Å². The fraction of sp³-hybridized carbons (Fsp3) is 0.222. The topological polar surface area (TPSA) is 69.6 Å². The van der Waals surface area contributed by atoms with Crippen molar-refractivity contribution < 1.29 is 13.2 Å². The Hall–Kier alpha value is -2.12. The van der Waals surface area contributed by atoms with E-state index in [1.165, 1.54) is 16.9 Å². The van der Waals surface area contributed by atoms with Gasteiger partial charge in [-0.15, -0.1) is 0 Å². The van der Waals surface area contributed by atoms with Gasteiger partial charge in [0.25, 0.3) is 0 Å². The van der Waals surface area contributed by atoms with Gasteiger partial charge in [0.15, 0.2) is 0 Å². The van der Waals surface area contributed by atoms with E-state index in [-0.39, 0.29) is 11.5 Å². The Morgan fingerprint density at radius 2 is 2.00 bits per heavy atom. The maximum absolute atomic E-state index is 12.5. The van der Waals surface area contributed by atoms with Crippen molar-refractivity contribution in [1.82, 2.24) is 19.7 Å². The smallest absolute Gasteiger partial charge is 0.384 e. The maximum atomic E-state index is 12.5. The Morgan fingerprint density at radius 3 is 2.53 bits per heavy atom. The van der Waals surface area contributed by atoms with Gasteiger partial charge in [-0.05, 0) is 0 Å². The van der Waals surface area contributed by atoms with Gasteiger partial charge in [0, 0.05) is 24.9 Å². The average Bonchev–Trinajstić information content (AvgIpc) is 2.62. The monoisotopic (exact) mass is 243 g/mol. The van der Waals surface area contributed by atoms with E-state index >= 15 is 0 Å². The number of hydrogen-bond donors (Lipinski definition) is 1. The van der Waals surface area contributed by atoms with E-state index in [1.807, 2.05) is 0 Å². The molecule has 0 radical (unpaired) electrons. The van der Waals surface area contributed by atoms with E-state index in [2.05, 4.69) is 15.1 Å². The molecule has 2 aromatic heterocycles. The van der Waals surface area contributed by atoms with Crippen LogP contribution in [0.1, 0.15) is 5.82 Å². The number of hydrogen-bond acceptors (Lipinski definition) is 4. The molecule has 0 aliphatic carbocycles. The minimum atomic E-state index is -4.62. The summed E-state index contributed by atoms with van der Waals surface area (Å²) in [5.41, 5.74) is 5.87. The number of aromatic nitrogens is 4. The molecule has 0 amide bonds. The van der Waals surface area contributed by atoms with E-state index < -0.39 is 12.0 Å². The molecular weight excluding hydrogens is 235 g/mol. The molecule has 2 N–H and O–H groups in total. The molecule has 0 unspecified atom stereocenters. The van der Waals surface area contributed by atoms with E-state index in [0.29, 0.717) is 5.56 Å². The van der Waals surface area contributed by atoms with Gasteiger partial charge >= 0.3 is 6.18 Å². The number of nitrogens with two attached hydrogens (primary N) is 1. The summed E-state index contributed by atoms with van der Waals surface area (Å²) in [4.78, 5) is 6.57. The number of anilines is 1. The summed E-state index contributed by atoms with van der Waals surface area (Å²) in [6, 6.07) is 1.27. The van der Waals surface area contributed by atoms with Gasteiger partial charge in [0.05, 0.1) is 11.9 Å². The van der Waals surface area contributed by atoms with Crippen molar-refractivity contribution >= 4 is 5.82 Å². The molecule has 0 saturated heterocycles. The van der Waals surface area contributed by atoms with Crippen molar-refractivity contribution in [1.29, 1.82) is 0 Å². The number of alkyl halides is 3. The third kappa shape index (κ3) is 2.35. The van der Waals surface area contributed by atoms with E-state index in [1.54, 1.807) is 13.2 Å². The van der Waals surface area contributed by atoms with Crippen LogP contribution in [0.5, 0.6) is 0 Å². The highest BCUT2D eigenvalue weighted by Crippen LogP contribution is 2.28. The van der Waals surface area contributed by atoms with Crippen LogP contribution in [0.25, 0.3) is 11.3 Å². The first-order valence-electron chi connectivity index (χ1n) is 4.57. The van der Waals surface area contributed by atoms with E-state index in [0.717, 1.165) is 0 Å². The molecule has 0 bridgehead atoms. The largest absolute Gasteiger partial charge is 0.451 e. The maximum Gasteiger partial charge on any atom is 0.451 e. The summed E-state index contributed by atoms with van der Waals surface area (Å²) in [6.07, 6.45) is -1.67. The SMILES string of the molecule is Cn1cc(-c2cc(N)nc(C(F)(F)F)n2)cn1. The zero-order valence-electron chi connectivity index (χ0n) is 8.73. The van der Waals surface area contributed by atoms with Gasteiger partial charge in [-0.1, -0.05) is 0 Å². The zero-order valence-corrected chi connectivity index (χ0v) is 8.73. The molecule has 0 aromatic carbocycles. The molecule has 2 aromatic rings. The second-order valence-corrected chi connectivity index (χ2v) is 3.40. The lowest BCUT2D eigenvalue weighted by Gasteiger charge is -2.07. The van der Waals surface area contributed by atoms with Crippen LogP contribution in [0, 0.1) is 0 Å². The first-order chi connectivity index (χ1) is 7.86. The molecule has 5 nitrogen and oxygen atoms in total. The first kappa shape index (κ1) is 11.4. The molecule has 0 saturated carbocycles. The quantitative estimate of drug-likeness (QED) is 0.823. The van der Waals surface area contributed by atoms with Gasteiger partial charge < -0.3 is 5.73 Å². The van der Waals surface area contributed by atoms with Gasteiger partial charge in [0.1, 0.15) is 5.82 Å². The molecule has 0 aliphatic rings. The van der Waals surface area contributed by atoms with Crippen LogP contribution in [0.15, 0.2) is 18.5 Å². The predicted octanol–water partition coefficient (Wildman–Crippen LogP) is 1.48. The predicted molar refractivity (Wildman–Crippen MR) is 53.6 cm³/mol. The van der Waals surface area contributed by atoms with Crippen LogP contribution in [-0.4, -0.2) is 19.7 Å². The fourth-order valence-corrected chi connectivity index (χ4v) is 1.29. The van der Waals surface area contributed by atoms with Crippen LogP contribution in [-0.2, 0) is 13.2 Å². The molecule has 17 heavy (non-hydrogen) atoms. The normalized spacial score (nSPS) is 11.8. The van der Waals surface area contributed by atoms with Crippen molar-refractivity contribution in [2.24, 2.45) is 7.05 Å². The summed E-state index contributed by atoms with van der Waals surface area (Å²) in [5.74, 6) is -1.48. The first-order valence-corrected chi connectivity index (χ1v) is 4.57. The molecule has 2 heterocycles. The molecule has 8 heteroatoms. The third-order valence-corrected chi connectivity index (χ3v) is 2.00. The zero-order chi connectivity index (χ0) is 12.6. The van der Waals surface area contributed by atoms with Crippen LogP contribution in [0.4, 0.5) is 19.0 Å². The highest BCUT2D eigenvalue weighted by atomic mass is 19.4. The Kier molecular flexibility index (Phi) is 2.49. The lowest BCUT2D eigenvalue weighted by molar-refractivity contribution is -0.144. The second-order valence-electron chi connectivity index (χ2n) is 3.40. The van der Waals surface area contributed by atoms with Gasteiger partial charge in [0.2, 0.25) is 5.82 Å². The van der Waals surface area contributed by atoms with Crippen molar-refractivity contribution in [2.45, 2.75) is 6.18 Å². The Labute approximate surface area is 94.1 Å².